The first-order valence-electron chi connectivity index (χ1n) is 5.42. The van der Waals surface area contributed by atoms with Crippen LogP contribution < -0.4 is 0 Å². The number of hydrogen-bond donors (Lipinski definition) is 1. The molecule has 0 unspecified atom stereocenters. The zero-order valence-electron chi connectivity index (χ0n) is 9.08. The highest BCUT2D eigenvalue weighted by Gasteiger charge is 2.30. The van der Waals surface area contributed by atoms with Gasteiger partial charge in [-0.3, -0.25) is 0 Å². The lowest BCUT2D eigenvalue weighted by Crippen LogP contribution is -2.39. The van der Waals surface area contributed by atoms with Crippen molar-refractivity contribution in [2.24, 2.45) is 0 Å². The van der Waals surface area contributed by atoms with E-state index in [0.717, 1.165) is 5.56 Å². The largest absolute Gasteiger partial charge is 0.388 e. The second-order valence-electron chi connectivity index (χ2n) is 3.84. The molecule has 3 atom stereocenters. The van der Waals surface area contributed by atoms with Gasteiger partial charge in [-0.2, -0.15) is 0 Å². The molecule has 3 heteroatoms. The van der Waals surface area contributed by atoms with Crippen LogP contribution in [0.4, 0.5) is 0 Å². The number of ether oxygens (including phenoxy) is 2. The monoisotopic (exact) mass is 220 g/mol. The van der Waals surface area contributed by atoms with Crippen molar-refractivity contribution < 1.29 is 14.6 Å². The van der Waals surface area contributed by atoms with Gasteiger partial charge >= 0.3 is 0 Å². The van der Waals surface area contributed by atoms with Crippen molar-refractivity contribution >= 4 is 0 Å². The normalized spacial score (nSPS) is 29.9. The second-order valence-corrected chi connectivity index (χ2v) is 3.84. The molecule has 0 bridgehead atoms. The summed E-state index contributed by atoms with van der Waals surface area (Å²) in [7, 11) is 0. The molecule has 0 spiro atoms. The quantitative estimate of drug-likeness (QED) is 0.792. The van der Waals surface area contributed by atoms with E-state index in [1.54, 1.807) is 6.08 Å². The van der Waals surface area contributed by atoms with Crippen LogP contribution in [0.25, 0.3) is 0 Å². The van der Waals surface area contributed by atoms with E-state index < -0.39 is 6.10 Å². The third kappa shape index (κ3) is 2.50. The zero-order chi connectivity index (χ0) is 11.4. The molecule has 1 aliphatic rings. The minimum Gasteiger partial charge on any atom is -0.388 e. The van der Waals surface area contributed by atoms with Gasteiger partial charge in [0.25, 0.3) is 0 Å². The van der Waals surface area contributed by atoms with Crippen molar-refractivity contribution in [1.82, 2.24) is 0 Å². The number of aliphatic hydroxyl groups is 1. The summed E-state index contributed by atoms with van der Waals surface area (Å²) in [5, 5.41) is 9.67. The van der Waals surface area contributed by atoms with Crippen LogP contribution in [0.1, 0.15) is 18.3 Å². The van der Waals surface area contributed by atoms with Gasteiger partial charge in [-0.15, -0.1) is 6.58 Å². The first-order chi connectivity index (χ1) is 7.81. The molecule has 0 amide bonds. The van der Waals surface area contributed by atoms with E-state index in [9.17, 15) is 5.11 Å². The maximum Gasteiger partial charge on any atom is 0.184 e. The summed E-state index contributed by atoms with van der Waals surface area (Å²) < 4.78 is 11.1. The summed E-state index contributed by atoms with van der Waals surface area (Å²) in [6.07, 6.45) is 1.21. The fourth-order valence-corrected chi connectivity index (χ4v) is 1.74. The molecule has 3 nitrogen and oxygen atoms in total. The minimum atomic E-state index is -0.571. The molecule has 86 valence electrons. The van der Waals surface area contributed by atoms with Gasteiger partial charge in [-0.25, -0.2) is 0 Å². The van der Waals surface area contributed by atoms with E-state index in [2.05, 4.69) is 6.58 Å². The standard InChI is InChI=1S/C13H16O3/c1-2-6-12-11(14)9-15-13(16-12)10-7-4-3-5-8-10/h2-5,7-8,11-14H,1,6,9H2/t11-,12+,13-/m0/s1. The van der Waals surface area contributed by atoms with Crippen molar-refractivity contribution in [1.29, 1.82) is 0 Å². The maximum atomic E-state index is 9.67. The molecule has 1 aliphatic heterocycles. The molecule has 0 aromatic heterocycles. The SMILES string of the molecule is C=CC[C@H]1O[C@@H](c2ccccc2)OC[C@@H]1O. The minimum absolute atomic E-state index is 0.226. The Balaban J connectivity index is 2.05. The lowest BCUT2D eigenvalue weighted by atomic mass is 10.1. The summed E-state index contributed by atoms with van der Waals surface area (Å²) in [5.41, 5.74) is 0.975. The van der Waals surface area contributed by atoms with Crippen LogP contribution in [-0.2, 0) is 9.47 Å². The van der Waals surface area contributed by atoms with Gasteiger partial charge in [0.05, 0.1) is 12.7 Å². The van der Waals surface area contributed by atoms with Gasteiger partial charge in [0.2, 0.25) is 0 Å². The van der Waals surface area contributed by atoms with Crippen LogP contribution >= 0.6 is 0 Å². The van der Waals surface area contributed by atoms with Gasteiger partial charge in [0.15, 0.2) is 6.29 Å². The highest BCUT2D eigenvalue weighted by molar-refractivity contribution is 5.16. The number of benzene rings is 1. The predicted molar refractivity (Wildman–Crippen MR) is 60.8 cm³/mol. The molecule has 1 fully saturated rings. The average Bonchev–Trinajstić information content (AvgIpc) is 2.33. The Morgan fingerprint density at radius 2 is 2.12 bits per heavy atom. The van der Waals surface area contributed by atoms with Gasteiger partial charge in [-0.1, -0.05) is 36.4 Å². The Labute approximate surface area is 95.3 Å². The second kappa shape index (κ2) is 5.25. The summed E-state index contributed by atoms with van der Waals surface area (Å²) in [4.78, 5) is 0. The Hall–Kier alpha value is -1.16. The molecule has 16 heavy (non-hydrogen) atoms. The maximum absolute atomic E-state index is 9.67. The summed E-state index contributed by atoms with van der Waals surface area (Å²) in [6.45, 7) is 3.96. The fourth-order valence-electron chi connectivity index (χ4n) is 1.74. The first-order valence-corrected chi connectivity index (χ1v) is 5.42. The van der Waals surface area contributed by atoms with Crippen LogP contribution in [-0.4, -0.2) is 23.9 Å². The Morgan fingerprint density at radius 1 is 1.38 bits per heavy atom. The molecule has 0 aliphatic carbocycles. The van der Waals surface area contributed by atoms with E-state index in [1.165, 1.54) is 0 Å². The molecule has 1 saturated heterocycles. The van der Waals surface area contributed by atoms with Crippen molar-refractivity contribution in [2.45, 2.75) is 24.9 Å². The van der Waals surface area contributed by atoms with Crippen molar-refractivity contribution in [3.05, 3.63) is 48.6 Å². The van der Waals surface area contributed by atoms with Crippen LogP contribution in [0.15, 0.2) is 43.0 Å². The molecule has 1 aromatic rings. The molecule has 1 aromatic carbocycles. The Morgan fingerprint density at radius 3 is 2.81 bits per heavy atom. The molecule has 2 rings (SSSR count). The number of hydrogen-bond acceptors (Lipinski definition) is 3. The number of rotatable bonds is 3. The van der Waals surface area contributed by atoms with E-state index in [-0.39, 0.29) is 12.4 Å². The average molecular weight is 220 g/mol. The smallest absolute Gasteiger partial charge is 0.184 e. The van der Waals surface area contributed by atoms with Gasteiger partial charge in [0.1, 0.15) is 6.10 Å². The van der Waals surface area contributed by atoms with Gasteiger partial charge < -0.3 is 14.6 Å². The first kappa shape index (κ1) is 11.3. The number of aliphatic hydroxyl groups excluding tert-OH is 1. The molecular weight excluding hydrogens is 204 g/mol. The van der Waals surface area contributed by atoms with E-state index in [0.29, 0.717) is 13.0 Å². The van der Waals surface area contributed by atoms with Gasteiger partial charge in [0, 0.05) is 5.56 Å². The van der Waals surface area contributed by atoms with Crippen LogP contribution in [0.2, 0.25) is 0 Å². The topological polar surface area (TPSA) is 38.7 Å². The highest BCUT2D eigenvalue weighted by atomic mass is 16.7. The van der Waals surface area contributed by atoms with Crippen molar-refractivity contribution in [3.8, 4) is 0 Å². The van der Waals surface area contributed by atoms with E-state index in [1.807, 2.05) is 30.3 Å². The highest BCUT2D eigenvalue weighted by Crippen LogP contribution is 2.27. The van der Waals surface area contributed by atoms with Crippen LogP contribution in [0.5, 0.6) is 0 Å². The predicted octanol–water partition coefficient (Wildman–Crippen LogP) is 2.04. The van der Waals surface area contributed by atoms with Crippen molar-refractivity contribution in [2.75, 3.05) is 6.61 Å². The third-order valence-electron chi connectivity index (χ3n) is 2.62. The molecule has 1 heterocycles. The van der Waals surface area contributed by atoms with E-state index >= 15 is 0 Å². The van der Waals surface area contributed by atoms with E-state index in [4.69, 9.17) is 9.47 Å². The summed E-state index contributed by atoms with van der Waals surface area (Å²) in [5.74, 6) is 0. The molecule has 1 N–H and O–H groups in total. The van der Waals surface area contributed by atoms with Gasteiger partial charge in [-0.05, 0) is 6.42 Å². The molecule has 0 radical (unpaired) electrons. The summed E-state index contributed by atoms with van der Waals surface area (Å²) >= 11 is 0. The Kier molecular flexibility index (Phi) is 3.72. The Bertz CT molecular complexity index is 336. The third-order valence-corrected chi connectivity index (χ3v) is 2.62. The lowest BCUT2D eigenvalue weighted by molar-refractivity contribution is -0.255. The fraction of sp³-hybridized carbons (Fsp3) is 0.385. The lowest BCUT2D eigenvalue weighted by Gasteiger charge is -2.33. The molecule has 0 saturated carbocycles. The summed E-state index contributed by atoms with van der Waals surface area (Å²) in [6, 6.07) is 9.73. The van der Waals surface area contributed by atoms with Crippen LogP contribution in [0.3, 0.4) is 0 Å². The van der Waals surface area contributed by atoms with Crippen molar-refractivity contribution in [3.63, 3.8) is 0 Å². The van der Waals surface area contributed by atoms with Crippen LogP contribution in [0, 0.1) is 0 Å². The molecular formula is C13H16O3. The zero-order valence-corrected chi connectivity index (χ0v) is 9.08.